The Bertz CT molecular complexity index is 335. The summed E-state index contributed by atoms with van der Waals surface area (Å²) in [6.07, 6.45) is 2.45. The van der Waals surface area contributed by atoms with E-state index in [-0.39, 0.29) is 6.04 Å². The maximum Gasteiger partial charge on any atom is 0.115 e. The summed E-state index contributed by atoms with van der Waals surface area (Å²) in [5.41, 5.74) is 1.14. The molecule has 0 fully saturated rings. The van der Waals surface area contributed by atoms with E-state index in [2.05, 4.69) is 33.0 Å². The first-order valence-electron chi connectivity index (χ1n) is 6.54. The Balaban J connectivity index is 2.45. The molecule has 0 bridgehead atoms. The van der Waals surface area contributed by atoms with Gasteiger partial charge in [0.2, 0.25) is 0 Å². The number of nitrogens with one attached hydrogen (secondary N) is 1. The summed E-state index contributed by atoms with van der Waals surface area (Å²) >= 11 is 0. The van der Waals surface area contributed by atoms with Crippen molar-refractivity contribution < 1.29 is 5.11 Å². The van der Waals surface area contributed by atoms with Gasteiger partial charge >= 0.3 is 0 Å². The second-order valence-electron chi connectivity index (χ2n) is 5.36. The fourth-order valence-corrected chi connectivity index (χ4v) is 1.98. The maximum absolute atomic E-state index is 9.44. The first-order valence-corrected chi connectivity index (χ1v) is 6.54. The summed E-state index contributed by atoms with van der Waals surface area (Å²) < 4.78 is 0. The van der Waals surface area contributed by atoms with Crippen molar-refractivity contribution in [3.8, 4) is 5.75 Å². The molecule has 96 valence electrons. The van der Waals surface area contributed by atoms with Crippen molar-refractivity contribution in [3.05, 3.63) is 29.8 Å². The Morgan fingerprint density at radius 2 is 1.82 bits per heavy atom. The molecule has 0 heterocycles. The predicted molar refractivity (Wildman–Crippen MR) is 73.2 cm³/mol. The lowest BCUT2D eigenvalue weighted by atomic mass is 10.0. The van der Waals surface area contributed by atoms with E-state index in [1.807, 2.05) is 18.2 Å². The summed E-state index contributed by atoms with van der Waals surface area (Å²) in [5.74, 6) is 1.10. The Kier molecular flexibility index (Phi) is 5.49. The molecular weight excluding hydrogens is 210 g/mol. The normalized spacial score (nSPS) is 14.9. The van der Waals surface area contributed by atoms with Gasteiger partial charge in [0.15, 0.2) is 0 Å². The molecule has 0 amide bonds. The van der Waals surface area contributed by atoms with Crippen LogP contribution in [0.1, 0.15) is 52.1 Å². The standard InChI is InChI=1S/C15H25NO/c1-11(2)8-9-12(3)16-13(4)14-6-5-7-15(17)10-14/h5-7,10-13,16-17H,8-9H2,1-4H3. The van der Waals surface area contributed by atoms with Crippen molar-refractivity contribution in [3.63, 3.8) is 0 Å². The minimum Gasteiger partial charge on any atom is -0.508 e. The molecule has 0 aromatic heterocycles. The summed E-state index contributed by atoms with van der Waals surface area (Å²) in [6, 6.07) is 8.26. The van der Waals surface area contributed by atoms with Gasteiger partial charge in [-0.25, -0.2) is 0 Å². The van der Waals surface area contributed by atoms with Gasteiger partial charge in [-0.05, 0) is 50.3 Å². The number of phenols is 1. The van der Waals surface area contributed by atoms with E-state index in [0.717, 1.165) is 11.5 Å². The van der Waals surface area contributed by atoms with Gasteiger partial charge in [-0.1, -0.05) is 26.0 Å². The van der Waals surface area contributed by atoms with Crippen molar-refractivity contribution in [2.75, 3.05) is 0 Å². The van der Waals surface area contributed by atoms with E-state index < -0.39 is 0 Å². The van der Waals surface area contributed by atoms with Crippen molar-refractivity contribution in [2.24, 2.45) is 5.92 Å². The highest BCUT2D eigenvalue weighted by Gasteiger charge is 2.10. The highest BCUT2D eigenvalue weighted by Crippen LogP contribution is 2.19. The number of phenolic OH excluding ortho intramolecular Hbond substituents is 1. The lowest BCUT2D eigenvalue weighted by Gasteiger charge is -2.21. The van der Waals surface area contributed by atoms with Gasteiger partial charge in [-0.3, -0.25) is 0 Å². The SMILES string of the molecule is CC(C)CCC(C)NC(C)c1cccc(O)c1. The van der Waals surface area contributed by atoms with E-state index in [0.29, 0.717) is 11.8 Å². The largest absolute Gasteiger partial charge is 0.508 e. The van der Waals surface area contributed by atoms with Crippen LogP contribution in [0.5, 0.6) is 5.75 Å². The number of rotatable bonds is 6. The zero-order valence-corrected chi connectivity index (χ0v) is 11.4. The van der Waals surface area contributed by atoms with Crippen LogP contribution >= 0.6 is 0 Å². The van der Waals surface area contributed by atoms with Crippen molar-refractivity contribution >= 4 is 0 Å². The quantitative estimate of drug-likeness (QED) is 0.784. The average Bonchev–Trinajstić information content (AvgIpc) is 2.26. The smallest absolute Gasteiger partial charge is 0.115 e. The molecule has 2 unspecified atom stereocenters. The second kappa shape index (κ2) is 6.65. The third-order valence-corrected chi connectivity index (χ3v) is 3.08. The molecule has 2 nitrogen and oxygen atoms in total. The van der Waals surface area contributed by atoms with Crippen LogP contribution in [-0.2, 0) is 0 Å². The van der Waals surface area contributed by atoms with E-state index in [1.54, 1.807) is 6.07 Å². The molecule has 1 rings (SSSR count). The zero-order chi connectivity index (χ0) is 12.8. The molecule has 0 aliphatic rings. The highest BCUT2D eigenvalue weighted by molar-refractivity contribution is 5.29. The Labute approximate surface area is 105 Å². The minimum atomic E-state index is 0.282. The zero-order valence-electron chi connectivity index (χ0n) is 11.4. The number of aromatic hydroxyl groups is 1. The van der Waals surface area contributed by atoms with E-state index in [1.165, 1.54) is 12.8 Å². The fourth-order valence-electron chi connectivity index (χ4n) is 1.98. The fraction of sp³-hybridized carbons (Fsp3) is 0.600. The molecule has 0 spiro atoms. The molecule has 1 aromatic rings. The molecule has 2 atom stereocenters. The minimum absolute atomic E-state index is 0.282. The molecule has 17 heavy (non-hydrogen) atoms. The first-order chi connectivity index (χ1) is 7.99. The van der Waals surface area contributed by atoms with Gasteiger partial charge in [-0.15, -0.1) is 0 Å². The van der Waals surface area contributed by atoms with Gasteiger partial charge in [0.25, 0.3) is 0 Å². The summed E-state index contributed by atoms with van der Waals surface area (Å²) in [4.78, 5) is 0. The highest BCUT2D eigenvalue weighted by atomic mass is 16.3. The number of hydrogen-bond donors (Lipinski definition) is 2. The Morgan fingerprint density at radius 3 is 2.41 bits per heavy atom. The molecule has 2 N–H and O–H groups in total. The van der Waals surface area contributed by atoms with Gasteiger partial charge in [0, 0.05) is 12.1 Å². The van der Waals surface area contributed by atoms with E-state index >= 15 is 0 Å². The number of hydrogen-bond acceptors (Lipinski definition) is 2. The van der Waals surface area contributed by atoms with Crippen LogP contribution in [0.15, 0.2) is 24.3 Å². The van der Waals surface area contributed by atoms with Crippen LogP contribution < -0.4 is 5.32 Å². The van der Waals surface area contributed by atoms with Gasteiger partial charge < -0.3 is 10.4 Å². The first kappa shape index (κ1) is 14.0. The third kappa shape index (κ3) is 5.22. The third-order valence-electron chi connectivity index (χ3n) is 3.08. The monoisotopic (exact) mass is 235 g/mol. The Hall–Kier alpha value is -1.02. The van der Waals surface area contributed by atoms with E-state index in [9.17, 15) is 5.11 Å². The van der Waals surface area contributed by atoms with Crippen LogP contribution in [-0.4, -0.2) is 11.1 Å². The topological polar surface area (TPSA) is 32.3 Å². The van der Waals surface area contributed by atoms with Crippen molar-refractivity contribution in [2.45, 2.75) is 52.6 Å². The molecule has 0 saturated heterocycles. The molecule has 0 aliphatic heterocycles. The average molecular weight is 235 g/mol. The predicted octanol–water partition coefficient (Wildman–Crippen LogP) is 3.87. The van der Waals surface area contributed by atoms with Gasteiger partial charge in [0.1, 0.15) is 5.75 Å². The lowest BCUT2D eigenvalue weighted by Crippen LogP contribution is -2.29. The molecular formula is C15H25NO. The van der Waals surface area contributed by atoms with Crippen LogP contribution in [0.3, 0.4) is 0 Å². The summed E-state index contributed by atoms with van der Waals surface area (Å²) in [7, 11) is 0. The molecule has 0 radical (unpaired) electrons. The van der Waals surface area contributed by atoms with Crippen molar-refractivity contribution in [1.82, 2.24) is 5.32 Å². The molecule has 2 heteroatoms. The Morgan fingerprint density at radius 1 is 1.12 bits per heavy atom. The van der Waals surface area contributed by atoms with Crippen LogP contribution in [0.25, 0.3) is 0 Å². The molecule has 0 saturated carbocycles. The second-order valence-corrected chi connectivity index (χ2v) is 5.36. The van der Waals surface area contributed by atoms with Gasteiger partial charge in [-0.2, -0.15) is 0 Å². The van der Waals surface area contributed by atoms with Crippen molar-refractivity contribution in [1.29, 1.82) is 0 Å². The van der Waals surface area contributed by atoms with Crippen LogP contribution in [0, 0.1) is 5.92 Å². The van der Waals surface area contributed by atoms with E-state index in [4.69, 9.17) is 0 Å². The van der Waals surface area contributed by atoms with Gasteiger partial charge in [0.05, 0.1) is 0 Å². The van der Waals surface area contributed by atoms with Crippen LogP contribution in [0.2, 0.25) is 0 Å². The molecule has 0 aliphatic carbocycles. The molecule has 1 aromatic carbocycles. The lowest BCUT2D eigenvalue weighted by molar-refractivity contribution is 0.415. The summed E-state index contributed by atoms with van der Waals surface area (Å²) in [6.45, 7) is 8.87. The van der Waals surface area contributed by atoms with Crippen LogP contribution in [0.4, 0.5) is 0 Å². The summed E-state index contributed by atoms with van der Waals surface area (Å²) in [5, 5.41) is 13.0. The number of benzene rings is 1. The maximum atomic E-state index is 9.44.